The van der Waals surface area contributed by atoms with Crippen molar-refractivity contribution in [1.29, 1.82) is 0 Å². The molecule has 1 saturated heterocycles. The zero-order chi connectivity index (χ0) is 24.2. The first-order valence-electron chi connectivity index (χ1n) is 12.0. The number of benzene rings is 2. The Labute approximate surface area is 202 Å². The molecule has 4 rings (SSSR count). The van der Waals surface area contributed by atoms with Crippen molar-refractivity contribution in [2.75, 3.05) is 45.3 Å². The molecule has 0 bridgehead atoms. The highest BCUT2D eigenvalue weighted by Gasteiger charge is 2.26. The molecule has 1 N–H and O–H groups in total. The van der Waals surface area contributed by atoms with Gasteiger partial charge in [0.15, 0.2) is 5.82 Å². The molecule has 0 aliphatic carbocycles. The Kier molecular flexibility index (Phi) is 7.32. The van der Waals surface area contributed by atoms with Gasteiger partial charge in [0, 0.05) is 44.9 Å². The molecule has 0 saturated carbocycles. The van der Waals surface area contributed by atoms with Crippen molar-refractivity contribution in [3.8, 4) is 11.4 Å². The zero-order valence-electron chi connectivity index (χ0n) is 20.9. The molecule has 7 nitrogen and oxygen atoms in total. The van der Waals surface area contributed by atoms with Crippen LogP contribution < -0.4 is 4.90 Å². The van der Waals surface area contributed by atoms with Gasteiger partial charge in [0.05, 0.1) is 6.61 Å². The van der Waals surface area contributed by atoms with Crippen LogP contribution in [0.2, 0.25) is 0 Å². The predicted octanol–water partition coefficient (Wildman–Crippen LogP) is 4.50. The second-order valence-corrected chi connectivity index (χ2v) is 9.36. The lowest BCUT2D eigenvalue weighted by Crippen LogP contribution is -2.38. The Hall–Kier alpha value is -3.19. The van der Waals surface area contributed by atoms with E-state index in [0.717, 1.165) is 48.2 Å². The maximum absolute atomic E-state index is 13.5. The van der Waals surface area contributed by atoms with Crippen LogP contribution in [0.4, 0.5) is 5.95 Å². The highest BCUT2D eigenvalue weighted by molar-refractivity contribution is 5.97. The summed E-state index contributed by atoms with van der Waals surface area (Å²) in [4.78, 5) is 22.1. The molecule has 180 valence electrons. The lowest BCUT2D eigenvalue weighted by molar-refractivity contribution is 0.0712. The summed E-state index contributed by atoms with van der Waals surface area (Å²) < 4.78 is 5.14. The number of H-pyrrole nitrogens is 1. The summed E-state index contributed by atoms with van der Waals surface area (Å²) >= 11 is 0. The van der Waals surface area contributed by atoms with Crippen LogP contribution in [-0.4, -0.2) is 66.4 Å². The van der Waals surface area contributed by atoms with E-state index < -0.39 is 0 Å². The average molecular weight is 462 g/mol. The molecule has 0 unspecified atom stereocenters. The van der Waals surface area contributed by atoms with Crippen LogP contribution in [0.3, 0.4) is 0 Å². The number of aromatic nitrogens is 3. The van der Waals surface area contributed by atoms with Gasteiger partial charge in [-0.05, 0) is 62.3 Å². The van der Waals surface area contributed by atoms with Crippen molar-refractivity contribution in [3.63, 3.8) is 0 Å². The van der Waals surface area contributed by atoms with E-state index >= 15 is 0 Å². The van der Waals surface area contributed by atoms with Gasteiger partial charge in [0.1, 0.15) is 0 Å². The minimum atomic E-state index is 0.0954. The van der Waals surface area contributed by atoms with Gasteiger partial charge < -0.3 is 14.5 Å². The number of amides is 1. The molecule has 1 aromatic heterocycles. The number of anilines is 1. The molecule has 2 heterocycles. The molecule has 1 aliphatic rings. The molecule has 1 aliphatic heterocycles. The van der Waals surface area contributed by atoms with Crippen molar-refractivity contribution in [1.82, 2.24) is 20.1 Å². The van der Waals surface area contributed by atoms with Crippen LogP contribution in [0.1, 0.15) is 51.4 Å². The Morgan fingerprint density at radius 2 is 1.82 bits per heavy atom. The first kappa shape index (κ1) is 24.0. The van der Waals surface area contributed by atoms with Crippen molar-refractivity contribution in [2.24, 2.45) is 0 Å². The molecule has 0 radical (unpaired) electrons. The number of aryl methyl sites for hydroxylation is 3. The number of nitrogens with zero attached hydrogens (tertiary/aromatic N) is 4. The first-order chi connectivity index (χ1) is 16.4. The number of carbonyl (C=O) groups excluding carboxylic acids is 1. The summed E-state index contributed by atoms with van der Waals surface area (Å²) in [7, 11) is 3.61. The molecule has 3 aromatic rings. The molecule has 2 aromatic carbocycles. The Morgan fingerprint density at radius 1 is 1.12 bits per heavy atom. The van der Waals surface area contributed by atoms with Gasteiger partial charge in [-0.3, -0.25) is 9.89 Å². The Morgan fingerprint density at radius 3 is 2.50 bits per heavy atom. The standard InChI is InChI=1S/C27H35N5O2/c1-18-6-8-21(9-7-18)22-10-12-32(13-11-22)26(33)24-17-23(19(2)16-20(24)3)25-28-27(30-29-25)31(4)14-15-34-5/h6-9,16-17,22H,10-15H2,1-5H3,(H,28,29,30). The third-order valence-electron chi connectivity index (χ3n) is 6.83. The van der Waals surface area contributed by atoms with Gasteiger partial charge in [-0.2, -0.15) is 4.98 Å². The van der Waals surface area contributed by atoms with E-state index in [9.17, 15) is 4.79 Å². The van der Waals surface area contributed by atoms with E-state index in [1.807, 2.05) is 36.8 Å². The molecule has 1 amide bonds. The summed E-state index contributed by atoms with van der Waals surface area (Å²) in [5.41, 5.74) is 6.35. The lowest BCUT2D eigenvalue weighted by Gasteiger charge is -2.33. The SMILES string of the molecule is COCCN(C)c1n[nH]c(-c2cc(C(=O)N3CCC(c4ccc(C)cc4)CC3)c(C)cc2C)n1. The smallest absolute Gasteiger partial charge is 0.254 e. The number of rotatable bonds is 7. The van der Waals surface area contributed by atoms with Crippen molar-refractivity contribution in [3.05, 3.63) is 64.2 Å². The van der Waals surface area contributed by atoms with Gasteiger partial charge in [-0.1, -0.05) is 35.9 Å². The Balaban J connectivity index is 1.49. The molecule has 34 heavy (non-hydrogen) atoms. The number of likely N-dealkylation sites (N-methyl/N-ethyl adjacent to an activating group) is 1. The fourth-order valence-corrected chi connectivity index (χ4v) is 4.64. The average Bonchev–Trinajstić information content (AvgIpc) is 3.33. The van der Waals surface area contributed by atoms with Crippen molar-refractivity contribution in [2.45, 2.75) is 39.5 Å². The molecule has 0 spiro atoms. The molecular weight excluding hydrogens is 426 g/mol. The van der Waals surface area contributed by atoms with Crippen LogP contribution in [0.15, 0.2) is 36.4 Å². The molecule has 7 heteroatoms. The van der Waals surface area contributed by atoms with Gasteiger partial charge in [0.2, 0.25) is 5.95 Å². The topological polar surface area (TPSA) is 74.3 Å². The number of carbonyl (C=O) groups is 1. The quantitative estimate of drug-likeness (QED) is 0.561. The number of hydrogen-bond donors (Lipinski definition) is 1. The van der Waals surface area contributed by atoms with E-state index in [4.69, 9.17) is 4.74 Å². The van der Waals surface area contributed by atoms with Crippen LogP contribution in [0.5, 0.6) is 0 Å². The summed E-state index contributed by atoms with van der Waals surface area (Å²) in [6, 6.07) is 12.8. The summed E-state index contributed by atoms with van der Waals surface area (Å²) in [5.74, 6) is 1.89. The predicted molar refractivity (Wildman–Crippen MR) is 135 cm³/mol. The maximum atomic E-state index is 13.5. The van der Waals surface area contributed by atoms with Crippen LogP contribution in [-0.2, 0) is 4.74 Å². The highest BCUT2D eigenvalue weighted by atomic mass is 16.5. The van der Waals surface area contributed by atoms with E-state index in [-0.39, 0.29) is 5.91 Å². The van der Waals surface area contributed by atoms with Crippen LogP contribution >= 0.6 is 0 Å². The minimum Gasteiger partial charge on any atom is -0.383 e. The van der Waals surface area contributed by atoms with E-state index in [2.05, 4.69) is 52.4 Å². The monoisotopic (exact) mass is 461 g/mol. The van der Waals surface area contributed by atoms with E-state index in [1.54, 1.807) is 7.11 Å². The third-order valence-corrected chi connectivity index (χ3v) is 6.83. The normalized spacial score (nSPS) is 14.4. The van der Waals surface area contributed by atoms with Crippen molar-refractivity contribution >= 4 is 11.9 Å². The number of ether oxygens (including phenoxy) is 1. The van der Waals surface area contributed by atoms with Gasteiger partial charge >= 0.3 is 0 Å². The number of aromatic amines is 1. The number of hydrogen-bond acceptors (Lipinski definition) is 5. The first-order valence-corrected chi connectivity index (χ1v) is 12.0. The molecular formula is C27H35N5O2. The molecule has 1 fully saturated rings. The van der Waals surface area contributed by atoms with E-state index in [1.165, 1.54) is 11.1 Å². The largest absolute Gasteiger partial charge is 0.383 e. The summed E-state index contributed by atoms with van der Waals surface area (Å²) in [6.07, 6.45) is 1.98. The number of piperidine rings is 1. The fourth-order valence-electron chi connectivity index (χ4n) is 4.64. The van der Waals surface area contributed by atoms with Crippen LogP contribution in [0.25, 0.3) is 11.4 Å². The second kappa shape index (κ2) is 10.4. The summed E-state index contributed by atoms with van der Waals surface area (Å²) in [5, 5.41) is 7.40. The van der Waals surface area contributed by atoms with Crippen LogP contribution in [0, 0.1) is 20.8 Å². The minimum absolute atomic E-state index is 0.0954. The third kappa shape index (κ3) is 5.14. The maximum Gasteiger partial charge on any atom is 0.254 e. The molecule has 0 atom stereocenters. The number of nitrogens with one attached hydrogen (secondary N) is 1. The zero-order valence-corrected chi connectivity index (χ0v) is 20.9. The highest BCUT2D eigenvalue weighted by Crippen LogP contribution is 2.31. The second-order valence-electron chi connectivity index (χ2n) is 9.36. The van der Waals surface area contributed by atoms with Gasteiger partial charge in [0.25, 0.3) is 5.91 Å². The summed E-state index contributed by atoms with van der Waals surface area (Å²) in [6.45, 7) is 9.01. The fraction of sp³-hybridized carbons (Fsp3) is 0.444. The number of methoxy groups -OCH3 is 1. The Bertz CT molecular complexity index is 1130. The van der Waals surface area contributed by atoms with Gasteiger partial charge in [-0.25, -0.2) is 0 Å². The lowest BCUT2D eigenvalue weighted by atomic mass is 9.88. The number of likely N-dealkylation sites (tertiary alicyclic amines) is 1. The van der Waals surface area contributed by atoms with E-state index in [0.29, 0.717) is 30.8 Å². The van der Waals surface area contributed by atoms with Crippen molar-refractivity contribution < 1.29 is 9.53 Å². The van der Waals surface area contributed by atoms with Gasteiger partial charge in [-0.15, -0.1) is 5.10 Å².